The Morgan fingerprint density at radius 2 is 1.83 bits per heavy atom. The second-order valence-electron chi connectivity index (χ2n) is 7.99. The normalized spacial score (nSPS) is 12.6. The van der Waals surface area contributed by atoms with Gasteiger partial charge in [0, 0.05) is 30.9 Å². The van der Waals surface area contributed by atoms with E-state index in [1.54, 1.807) is 25.8 Å². The lowest BCUT2D eigenvalue weighted by Crippen LogP contribution is -2.41. The van der Waals surface area contributed by atoms with E-state index >= 15 is 0 Å². The molecular formula is C21H32Cl2N2O5. The van der Waals surface area contributed by atoms with Crippen molar-refractivity contribution < 1.29 is 24.3 Å². The Bertz CT molecular complexity index is 688. The summed E-state index contributed by atoms with van der Waals surface area (Å²) in [6.45, 7) is 8.67. The topological polar surface area (TPSA) is 88.1 Å². The monoisotopic (exact) mass is 462 g/mol. The van der Waals surface area contributed by atoms with E-state index in [-0.39, 0.29) is 6.42 Å². The fraction of sp³-hybridized carbons (Fsp3) is 0.619. The maximum absolute atomic E-state index is 12.1. The van der Waals surface area contributed by atoms with Crippen LogP contribution in [-0.4, -0.2) is 58.7 Å². The average molecular weight is 463 g/mol. The molecule has 9 heteroatoms. The third kappa shape index (κ3) is 11.0. The minimum atomic E-state index is -0.994. The van der Waals surface area contributed by atoms with Crippen LogP contribution in [0.4, 0.5) is 4.79 Å². The molecule has 0 radical (unpaired) electrons. The molecular weight excluding hydrogens is 431 g/mol. The molecule has 0 aliphatic heterocycles. The molecule has 0 bridgehead atoms. The van der Waals surface area contributed by atoms with Crippen molar-refractivity contribution in [3.63, 3.8) is 0 Å². The van der Waals surface area contributed by atoms with Crippen molar-refractivity contribution in [1.29, 1.82) is 0 Å². The molecule has 0 saturated heterocycles. The third-order valence-corrected chi connectivity index (χ3v) is 4.44. The molecule has 0 aliphatic rings. The molecule has 0 saturated carbocycles. The smallest absolute Gasteiger partial charge is 0.407 e. The summed E-state index contributed by atoms with van der Waals surface area (Å²) < 4.78 is 5.26. The van der Waals surface area contributed by atoms with Crippen molar-refractivity contribution in [2.75, 3.05) is 24.8 Å². The van der Waals surface area contributed by atoms with Gasteiger partial charge in [-0.2, -0.15) is 5.06 Å². The van der Waals surface area contributed by atoms with E-state index in [2.05, 4.69) is 5.32 Å². The maximum atomic E-state index is 12.1. The van der Waals surface area contributed by atoms with E-state index in [1.165, 1.54) is 0 Å². The van der Waals surface area contributed by atoms with E-state index in [4.69, 9.17) is 32.8 Å². The number of nitrogens with zero attached hydrogens (tertiary/aromatic N) is 1. The van der Waals surface area contributed by atoms with E-state index in [9.17, 15) is 14.7 Å². The number of aryl methyl sites for hydroxylation is 1. The number of alkyl carbamates (subject to hydrolysis) is 1. The first-order chi connectivity index (χ1) is 14.0. The molecule has 0 heterocycles. The third-order valence-electron chi connectivity index (χ3n) is 4.10. The van der Waals surface area contributed by atoms with Crippen LogP contribution < -0.4 is 5.32 Å². The highest BCUT2D eigenvalue weighted by molar-refractivity contribution is 6.18. The van der Waals surface area contributed by atoms with Crippen LogP contribution in [0.2, 0.25) is 0 Å². The number of nitrogens with one attached hydrogen (secondary N) is 1. The highest BCUT2D eigenvalue weighted by atomic mass is 35.5. The van der Waals surface area contributed by atoms with E-state index in [1.807, 2.05) is 25.1 Å². The van der Waals surface area contributed by atoms with Crippen molar-refractivity contribution in [3.8, 4) is 0 Å². The zero-order valence-corrected chi connectivity index (χ0v) is 19.6. The molecule has 30 heavy (non-hydrogen) atoms. The Balaban J connectivity index is 2.86. The summed E-state index contributed by atoms with van der Waals surface area (Å²) in [4.78, 5) is 29.2. The highest BCUT2D eigenvalue weighted by Gasteiger charge is 2.22. The van der Waals surface area contributed by atoms with Gasteiger partial charge in [0.2, 0.25) is 0 Å². The molecule has 0 spiro atoms. The Morgan fingerprint density at radius 3 is 2.37 bits per heavy atom. The number of carbonyl (C=O) groups excluding carboxylic acids is 1. The number of ether oxygens (including phenoxy) is 1. The van der Waals surface area contributed by atoms with Crippen molar-refractivity contribution in [2.24, 2.45) is 0 Å². The number of amides is 1. The van der Waals surface area contributed by atoms with Crippen LogP contribution in [0.1, 0.15) is 43.9 Å². The Kier molecular flexibility index (Phi) is 11.5. The predicted molar refractivity (Wildman–Crippen MR) is 118 cm³/mol. The van der Waals surface area contributed by atoms with Crippen LogP contribution in [0.5, 0.6) is 0 Å². The summed E-state index contributed by atoms with van der Waals surface area (Å²) >= 11 is 11.6. The molecule has 1 atom stereocenters. The van der Waals surface area contributed by atoms with E-state index in [0.717, 1.165) is 16.7 Å². The summed E-state index contributed by atoms with van der Waals surface area (Å²) in [5.74, 6) is -0.127. The molecule has 1 aromatic carbocycles. The molecule has 0 unspecified atom stereocenters. The quantitative estimate of drug-likeness (QED) is 0.358. The molecule has 0 aliphatic carbocycles. The maximum Gasteiger partial charge on any atom is 0.407 e. The number of carboxylic acid groups (broad SMARTS) is 1. The number of hydrogen-bond donors (Lipinski definition) is 2. The van der Waals surface area contributed by atoms with Gasteiger partial charge in [-0.15, -0.1) is 23.2 Å². The summed E-state index contributed by atoms with van der Waals surface area (Å²) in [5, 5.41) is 13.6. The largest absolute Gasteiger partial charge is 0.481 e. The Morgan fingerprint density at radius 1 is 1.20 bits per heavy atom. The molecule has 1 rings (SSSR count). The number of hydroxylamine groups is 2. The highest BCUT2D eigenvalue weighted by Crippen LogP contribution is 2.17. The first-order valence-corrected chi connectivity index (χ1v) is 10.9. The van der Waals surface area contributed by atoms with Crippen LogP contribution in [-0.2, 0) is 27.4 Å². The number of aliphatic carboxylic acids is 1. The van der Waals surface area contributed by atoms with Gasteiger partial charge in [0.25, 0.3) is 0 Å². The molecule has 2 N–H and O–H groups in total. The second kappa shape index (κ2) is 13.0. The van der Waals surface area contributed by atoms with Gasteiger partial charge in [0.15, 0.2) is 0 Å². The van der Waals surface area contributed by atoms with Gasteiger partial charge >= 0.3 is 12.1 Å². The fourth-order valence-corrected chi connectivity index (χ4v) is 3.13. The zero-order chi connectivity index (χ0) is 22.7. The van der Waals surface area contributed by atoms with Gasteiger partial charge in [0.1, 0.15) is 5.60 Å². The summed E-state index contributed by atoms with van der Waals surface area (Å²) in [6.07, 6.45) is -0.486. The SMILES string of the molecule is Cc1ccc(CON(CCCl)CCCl)cc1C[C@@H](CC(=O)O)NC(=O)OC(C)(C)C. The minimum Gasteiger partial charge on any atom is -0.481 e. The Labute approximate surface area is 188 Å². The first-order valence-electron chi connectivity index (χ1n) is 9.83. The van der Waals surface area contributed by atoms with Gasteiger partial charge in [-0.05, 0) is 50.8 Å². The molecule has 170 valence electrons. The number of rotatable bonds is 12. The van der Waals surface area contributed by atoms with Gasteiger partial charge in [0.05, 0.1) is 13.0 Å². The zero-order valence-electron chi connectivity index (χ0n) is 18.0. The summed E-state index contributed by atoms with van der Waals surface area (Å²) in [5.41, 5.74) is 2.19. The number of benzene rings is 1. The Hall–Kier alpha value is -1.54. The van der Waals surface area contributed by atoms with Gasteiger partial charge in [-0.25, -0.2) is 4.79 Å². The van der Waals surface area contributed by atoms with E-state index in [0.29, 0.717) is 37.9 Å². The van der Waals surface area contributed by atoms with Crippen LogP contribution in [0, 0.1) is 6.92 Å². The first kappa shape index (κ1) is 26.5. The van der Waals surface area contributed by atoms with Gasteiger partial charge in [-0.1, -0.05) is 18.2 Å². The number of carbonyl (C=O) groups is 2. The number of hydrogen-bond acceptors (Lipinski definition) is 5. The standard InChI is InChI=1S/C21H32Cl2N2O5/c1-15-5-6-16(14-29-25(9-7-22)10-8-23)11-17(15)12-18(13-19(26)27)24-20(28)30-21(2,3)4/h5-6,11,18H,7-10,12-14H2,1-4H3,(H,24,28)(H,26,27)/t18-/m0/s1. The number of halogens is 2. The molecule has 0 aromatic heterocycles. The summed E-state index contributed by atoms with van der Waals surface area (Å²) in [7, 11) is 0. The van der Waals surface area contributed by atoms with Crippen molar-refractivity contribution >= 4 is 35.3 Å². The number of carboxylic acids is 1. The van der Waals surface area contributed by atoms with Crippen LogP contribution in [0.25, 0.3) is 0 Å². The van der Waals surface area contributed by atoms with Crippen molar-refractivity contribution in [2.45, 2.75) is 58.8 Å². The predicted octanol–water partition coefficient (Wildman–Crippen LogP) is 4.12. The molecule has 0 fully saturated rings. The van der Waals surface area contributed by atoms with Crippen molar-refractivity contribution in [3.05, 3.63) is 34.9 Å². The fourth-order valence-electron chi connectivity index (χ4n) is 2.75. The number of alkyl halides is 2. The van der Waals surface area contributed by atoms with Crippen LogP contribution in [0.15, 0.2) is 18.2 Å². The van der Waals surface area contributed by atoms with Gasteiger partial charge < -0.3 is 15.2 Å². The lowest BCUT2D eigenvalue weighted by Gasteiger charge is -2.24. The van der Waals surface area contributed by atoms with Gasteiger partial charge in [-0.3, -0.25) is 9.63 Å². The lowest BCUT2D eigenvalue weighted by atomic mass is 9.97. The van der Waals surface area contributed by atoms with Crippen LogP contribution >= 0.6 is 23.2 Å². The second-order valence-corrected chi connectivity index (χ2v) is 8.74. The molecule has 7 nitrogen and oxygen atoms in total. The molecule has 1 amide bonds. The lowest BCUT2D eigenvalue weighted by molar-refractivity contribution is -0.162. The summed E-state index contributed by atoms with van der Waals surface area (Å²) in [6, 6.07) is 5.26. The molecule has 1 aromatic rings. The van der Waals surface area contributed by atoms with Crippen molar-refractivity contribution in [1.82, 2.24) is 10.4 Å². The average Bonchev–Trinajstić information content (AvgIpc) is 2.60. The van der Waals surface area contributed by atoms with Crippen LogP contribution in [0.3, 0.4) is 0 Å². The minimum absolute atomic E-state index is 0.210. The van der Waals surface area contributed by atoms with E-state index < -0.39 is 23.7 Å².